The van der Waals surface area contributed by atoms with Crippen LogP contribution in [0.4, 0.5) is 10.1 Å². The van der Waals surface area contributed by atoms with Crippen LogP contribution in [-0.2, 0) is 18.3 Å². The molecule has 0 unspecified atom stereocenters. The molecule has 0 saturated heterocycles. The summed E-state index contributed by atoms with van der Waals surface area (Å²) in [4.78, 5) is 21.2. The van der Waals surface area contributed by atoms with E-state index in [4.69, 9.17) is 10.5 Å². The van der Waals surface area contributed by atoms with Crippen LogP contribution in [0.5, 0.6) is 0 Å². The van der Waals surface area contributed by atoms with Gasteiger partial charge in [0, 0.05) is 19.2 Å². The van der Waals surface area contributed by atoms with Crippen LogP contribution in [0.25, 0.3) is 10.9 Å². The highest BCUT2D eigenvalue weighted by Crippen LogP contribution is 2.34. The molecule has 7 nitrogen and oxygen atoms in total. The van der Waals surface area contributed by atoms with Crippen molar-refractivity contribution in [2.24, 2.45) is 7.05 Å². The number of nitrogens with zero attached hydrogens (tertiary/aromatic N) is 2. The minimum absolute atomic E-state index is 0.174. The monoisotopic (exact) mass is 293 g/mol. The van der Waals surface area contributed by atoms with Crippen molar-refractivity contribution in [3.63, 3.8) is 0 Å². The quantitative estimate of drug-likeness (QED) is 0.511. The second-order valence-electron chi connectivity index (χ2n) is 4.66. The zero-order chi connectivity index (χ0) is 15.9. The van der Waals surface area contributed by atoms with Crippen molar-refractivity contribution in [2.75, 3.05) is 0 Å². The van der Waals surface area contributed by atoms with Gasteiger partial charge < -0.3 is 9.67 Å². The van der Waals surface area contributed by atoms with E-state index in [-0.39, 0.29) is 11.8 Å². The van der Waals surface area contributed by atoms with Crippen molar-refractivity contribution in [2.45, 2.75) is 13.3 Å². The lowest BCUT2D eigenvalue weighted by Crippen LogP contribution is -2.14. The van der Waals surface area contributed by atoms with Gasteiger partial charge in [0.05, 0.1) is 21.9 Å². The number of halogens is 1. The van der Waals surface area contributed by atoms with Crippen LogP contribution < -0.4 is 0 Å². The summed E-state index contributed by atoms with van der Waals surface area (Å²) in [5, 5.41) is 27.5. The summed E-state index contributed by atoms with van der Waals surface area (Å²) in [5.41, 5.74) is 0.204. The highest BCUT2D eigenvalue weighted by molar-refractivity contribution is 6.35. The number of carboxylic acids is 1. The van der Waals surface area contributed by atoms with E-state index in [9.17, 15) is 19.3 Å². The molecule has 1 heterocycles. The average molecular weight is 293 g/mol. The number of rotatable bonds is 4. The number of carbonyl (C=O) groups is 1. The molecule has 21 heavy (non-hydrogen) atoms. The van der Waals surface area contributed by atoms with Gasteiger partial charge in [-0.25, -0.2) is 9.18 Å². The molecular formula is C13H12FN3O4. The van der Waals surface area contributed by atoms with Crippen LogP contribution in [0.1, 0.15) is 11.3 Å². The fourth-order valence-electron chi connectivity index (χ4n) is 2.33. The number of aryl methyl sites for hydroxylation is 1. The smallest absolute Gasteiger partial charge is 0.349 e. The molecule has 0 amide bonds. The van der Waals surface area contributed by atoms with Crippen LogP contribution in [-0.4, -0.2) is 26.3 Å². The molecule has 0 radical (unpaired) electrons. The number of hydrogen-bond acceptors (Lipinski definition) is 4. The van der Waals surface area contributed by atoms with Crippen molar-refractivity contribution in [1.29, 1.82) is 5.41 Å². The number of hydrogen-bond donors (Lipinski definition) is 2. The Labute approximate surface area is 118 Å². The molecule has 0 spiro atoms. The highest BCUT2D eigenvalue weighted by atomic mass is 19.1. The molecule has 8 heteroatoms. The first kappa shape index (κ1) is 14.6. The Balaban J connectivity index is 2.81. The predicted molar refractivity (Wildman–Crippen MR) is 73.3 cm³/mol. The first-order valence-corrected chi connectivity index (χ1v) is 5.96. The van der Waals surface area contributed by atoms with E-state index in [1.54, 1.807) is 18.5 Å². The van der Waals surface area contributed by atoms with Gasteiger partial charge in [-0.05, 0) is 18.6 Å². The van der Waals surface area contributed by atoms with Gasteiger partial charge in [-0.1, -0.05) is 0 Å². The average Bonchev–Trinajstić information content (AvgIpc) is 2.63. The van der Waals surface area contributed by atoms with Crippen molar-refractivity contribution >= 4 is 28.3 Å². The fraction of sp³-hybridized carbons (Fsp3) is 0.231. The van der Waals surface area contributed by atoms with Gasteiger partial charge in [0.25, 0.3) is 5.69 Å². The van der Waals surface area contributed by atoms with Gasteiger partial charge >= 0.3 is 5.97 Å². The lowest BCUT2D eigenvalue weighted by Gasteiger charge is -2.01. The lowest BCUT2D eigenvalue weighted by molar-refractivity contribution is -0.383. The van der Waals surface area contributed by atoms with Gasteiger partial charge in [0.2, 0.25) is 0 Å². The van der Waals surface area contributed by atoms with E-state index in [1.165, 1.54) is 0 Å². The third-order valence-electron chi connectivity index (χ3n) is 3.47. The van der Waals surface area contributed by atoms with E-state index in [0.29, 0.717) is 16.8 Å². The molecule has 1 aromatic carbocycles. The van der Waals surface area contributed by atoms with E-state index < -0.39 is 28.1 Å². The maximum Gasteiger partial charge on any atom is 0.349 e. The first-order valence-electron chi connectivity index (χ1n) is 5.96. The standard InChI is InChI=1S/C13H12FN3O4/c1-6-8(5-9(15)13(18)19)12-10(16(6)2)3-7(14)4-11(12)17(20)21/h3-4,15H,5H2,1-2H3,(H,18,19). The number of nitrogens with one attached hydrogen (secondary N) is 1. The van der Waals surface area contributed by atoms with Crippen molar-refractivity contribution in [3.8, 4) is 0 Å². The summed E-state index contributed by atoms with van der Waals surface area (Å²) < 4.78 is 15.1. The maximum atomic E-state index is 13.5. The summed E-state index contributed by atoms with van der Waals surface area (Å²) in [6.45, 7) is 1.64. The van der Waals surface area contributed by atoms with Gasteiger partial charge in [-0.2, -0.15) is 0 Å². The van der Waals surface area contributed by atoms with Gasteiger partial charge in [-0.3, -0.25) is 15.5 Å². The van der Waals surface area contributed by atoms with Crippen molar-refractivity contribution in [3.05, 3.63) is 39.3 Å². The SMILES string of the molecule is Cc1c(CC(=N)C(=O)O)c2c([N+](=O)[O-])cc(F)cc2n1C. The summed E-state index contributed by atoms with van der Waals surface area (Å²) in [6, 6.07) is 1.96. The minimum Gasteiger partial charge on any atom is -0.477 e. The van der Waals surface area contributed by atoms with E-state index in [1.807, 2.05) is 0 Å². The summed E-state index contributed by atoms with van der Waals surface area (Å²) in [5.74, 6) is -2.13. The third kappa shape index (κ3) is 2.35. The summed E-state index contributed by atoms with van der Waals surface area (Å²) in [7, 11) is 1.61. The molecule has 0 fully saturated rings. The number of non-ortho nitro benzene ring substituents is 1. The zero-order valence-corrected chi connectivity index (χ0v) is 11.3. The Morgan fingerprint density at radius 1 is 1.52 bits per heavy atom. The molecule has 0 aliphatic rings. The maximum absolute atomic E-state index is 13.5. The molecule has 0 atom stereocenters. The normalized spacial score (nSPS) is 10.8. The van der Waals surface area contributed by atoms with E-state index in [0.717, 1.165) is 12.1 Å². The second kappa shape index (κ2) is 4.97. The van der Waals surface area contributed by atoms with Crippen LogP contribution >= 0.6 is 0 Å². The Morgan fingerprint density at radius 2 is 2.14 bits per heavy atom. The van der Waals surface area contributed by atoms with E-state index in [2.05, 4.69) is 0 Å². The van der Waals surface area contributed by atoms with Crippen molar-refractivity contribution in [1.82, 2.24) is 4.57 Å². The molecule has 0 saturated carbocycles. The molecule has 2 aromatic rings. The number of carboxylic acid groups (broad SMARTS) is 1. The fourth-order valence-corrected chi connectivity index (χ4v) is 2.33. The topological polar surface area (TPSA) is 109 Å². The number of aliphatic carboxylic acids is 1. The minimum atomic E-state index is -1.39. The van der Waals surface area contributed by atoms with Gasteiger partial charge in [0.15, 0.2) is 0 Å². The molecule has 0 aliphatic heterocycles. The van der Waals surface area contributed by atoms with Crippen LogP contribution in [0, 0.1) is 28.3 Å². The van der Waals surface area contributed by atoms with E-state index >= 15 is 0 Å². The number of benzene rings is 1. The Hall–Kier alpha value is -2.77. The molecule has 0 bridgehead atoms. The Kier molecular flexibility index (Phi) is 3.46. The van der Waals surface area contributed by atoms with Crippen LogP contribution in [0.3, 0.4) is 0 Å². The van der Waals surface area contributed by atoms with Gasteiger partial charge in [0.1, 0.15) is 11.5 Å². The molecule has 2 N–H and O–H groups in total. The second-order valence-corrected chi connectivity index (χ2v) is 4.66. The number of nitro benzene ring substituents is 1. The molecular weight excluding hydrogens is 281 g/mol. The number of fused-ring (bicyclic) bond motifs is 1. The predicted octanol–water partition coefficient (Wildman–Crippen LogP) is 2.18. The van der Waals surface area contributed by atoms with Crippen molar-refractivity contribution < 1.29 is 19.2 Å². The number of nitro groups is 1. The Morgan fingerprint density at radius 3 is 2.67 bits per heavy atom. The molecule has 110 valence electrons. The molecule has 2 rings (SSSR count). The van der Waals surface area contributed by atoms with Gasteiger partial charge in [-0.15, -0.1) is 0 Å². The summed E-state index contributed by atoms with van der Waals surface area (Å²) >= 11 is 0. The molecule has 1 aromatic heterocycles. The third-order valence-corrected chi connectivity index (χ3v) is 3.47. The zero-order valence-electron chi connectivity index (χ0n) is 11.3. The molecule has 0 aliphatic carbocycles. The first-order chi connectivity index (χ1) is 9.73. The largest absolute Gasteiger partial charge is 0.477 e. The summed E-state index contributed by atoms with van der Waals surface area (Å²) in [6.07, 6.45) is -0.259. The highest BCUT2D eigenvalue weighted by Gasteiger charge is 2.24. The lowest BCUT2D eigenvalue weighted by atomic mass is 10.0. The number of aromatic nitrogens is 1. The van der Waals surface area contributed by atoms with Crippen LogP contribution in [0.2, 0.25) is 0 Å². The Bertz CT molecular complexity index is 795. The van der Waals surface area contributed by atoms with Crippen LogP contribution in [0.15, 0.2) is 12.1 Å².